The van der Waals surface area contributed by atoms with Crippen molar-refractivity contribution >= 4 is 45.4 Å². The fourth-order valence-electron chi connectivity index (χ4n) is 8.56. The Hall–Kier alpha value is -5.04. The standard InChI is InChI=1S/C14H19NO.2C14H19N.C12H17N3.CH4/c1-8(2)11-5-10-6-14(16)15-13(10)7-12(11)9(3)4;2*1-9(2)12-7-11-5-6-15-14(11)8-13(12)10(3)4;1-7(2)9-5-11-12(14-15-13-11)6-10(9)8(3)4;/h5,7-9H,6H2,1-4H3,(H,15,16);6-10H,5H2,1-4H3;5-10,15H,1-4H3;5-8H,1-4H3,(H,13,14,15);1H4. The van der Waals surface area contributed by atoms with Crippen molar-refractivity contribution in [3.63, 3.8) is 0 Å². The van der Waals surface area contributed by atoms with Crippen LogP contribution in [0.3, 0.4) is 0 Å². The van der Waals surface area contributed by atoms with Crippen LogP contribution in [-0.2, 0) is 17.6 Å². The number of fused-ring (bicyclic) bond motifs is 4. The van der Waals surface area contributed by atoms with Crippen LogP contribution in [0.4, 0.5) is 11.4 Å². The molecule has 0 saturated heterocycles. The molecule has 2 aromatic heterocycles. The highest BCUT2D eigenvalue weighted by atomic mass is 16.1. The first kappa shape index (κ1) is 49.6. The van der Waals surface area contributed by atoms with Crippen molar-refractivity contribution in [3.8, 4) is 0 Å². The molecule has 0 spiro atoms. The number of nitrogens with zero attached hydrogens (tertiary/aromatic N) is 3. The molecule has 0 bridgehead atoms. The first-order valence-corrected chi connectivity index (χ1v) is 22.9. The maximum atomic E-state index is 11.4. The summed E-state index contributed by atoms with van der Waals surface area (Å²) in [6.07, 6.45) is 5.57. The minimum atomic E-state index is 0. The summed E-state index contributed by atoms with van der Waals surface area (Å²) in [5, 5.41) is 15.2. The maximum Gasteiger partial charge on any atom is 0.228 e. The van der Waals surface area contributed by atoms with Gasteiger partial charge in [-0.2, -0.15) is 15.4 Å². The van der Waals surface area contributed by atoms with Gasteiger partial charge in [0.05, 0.1) is 12.1 Å². The zero-order valence-electron chi connectivity index (χ0n) is 40.1. The minimum Gasteiger partial charge on any atom is -0.361 e. The second-order valence-corrected chi connectivity index (χ2v) is 19.6. The molecule has 7 nitrogen and oxygen atoms in total. The van der Waals surface area contributed by atoms with Crippen molar-refractivity contribution in [1.29, 1.82) is 0 Å². The molecule has 0 radical (unpaired) electrons. The number of aromatic amines is 2. The third kappa shape index (κ3) is 11.7. The Labute approximate surface area is 374 Å². The van der Waals surface area contributed by atoms with Crippen molar-refractivity contribution < 1.29 is 4.79 Å². The van der Waals surface area contributed by atoms with E-state index in [1.165, 1.54) is 66.7 Å². The molecule has 62 heavy (non-hydrogen) atoms. The highest BCUT2D eigenvalue weighted by molar-refractivity contribution is 5.99. The third-order valence-corrected chi connectivity index (χ3v) is 12.0. The van der Waals surface area contributed by atoms with E-state index in [4.69, 9.17) is 0 Å². The lowest BCUT2D eigenvalue weighted by Crippen LogP contribution is -2.04. The van der Waals surface area contributed by atoms with Gasteiger partial charge in [0.1, 0.15) is 11.0 Å². The van der Waals surface area contributed by atoms with Crippen molar-refractivity contribution in [2.45, 2.75) is 178 Å². The highest BCUT2D eigenvalue weighted by Crippen LogP contribution is 2.36. The van der Waals surface area contributed by atoms with Crippen molar-refractivity contribution in [1.82, 2.24) is 20.4 Å². The average Bonchev–Trinajstić information content (AvgIpc) is 4.02. The van der Waals surface area contributed by atoms with Crippen LogP contribution in [0.5, 0.6) is 0 Å². The number of benzene rings is 4. The summed E-state index contributed by atoms with van der Waals surface area (Å²) >= 11 is 0. The molecule has 0 unspecified atom stereocenters. The third-order valence-electron chi connectivity index (χ3n) is 12.0. The predicted molar refractivity (Wildman–Crippen MR) is 269 cm³/mol. The van der Waals surface area contributed by atoms with E-state index in [2.05, 4.69) is 196 Å². The number of anilines is 1. The summed E-state index contributed by atoms with van der Waals surface area (Å²) in [6.45, 7) is 35.8. The van der Waals surface area contributed by atoms with Gasteiger partial charge in [-0.15, -0.1) is 0 Å². The number of carbonyl (C=O) groups excluding carboxylic acids is 1. The molecule has 4 heterocycles. The number of rotatable bonds is 8. The van der Waals surface area contributed by atoms with Gasteiger partial charge in [-0.05, 0) is 151 Å². The summed E-state index contributed by atoms with van der Waals surface area (Å²) in [6, 6.07) is 20.1. The Balaban J connectivity index is 0.000000181. The molecule has 0 saturated carbocycles. The molecule has 2 aliphatic heterocycles. The van der Waals surface area contributed by atoms with Gasteiger partial charge in [-0.25, -0.2) is 0 Å². The quantitative estimate of drug-likeness (QED) is 0.142. The molecule has 6 aromatic rings. The van der Waals surface area contributed by atoms with Gasteiger partial charge in [0.15, 0.2) is 0 Å². The predicted octanol–water partition coefficient (Wildman–Crippen LogP) is 15.9. The zero-order valence-corrected chi connectivity index (χ0v) is 40.1. The van der Waals surface area contributed by atoms with E-state index in [1.54, 1.807) is 0 Å². The van der Waals surface area contributed by atoms with E-state index in [1.807, 2.05) is 12.4 Å². The first-order chi connectivity index (χ1) is 28.8. The number of aliphatic imine (C=N–C) groups is 1. The lowest BCUT2D eigenvalue weighted by Gasteiger charge is -2.17. The summed E-state index contributed by atoms with van der Waals surface area (Å²) in [5.74, 6) is 4.57. The largest absolute Gasteiger partial charge is 0.361 e. The topological polar surface area (TPSA) is 98.8 Å². The summed E-state index contributed by atoms with van der Waals surface area (Å²) < 4.78 is 0. The van der Waals surface area contributed by atoms with Crippen LogP contribution in [0.2, 0.25) is 0 Å². The number of nitrogens with one attached hydrogen (secondary N) is 3. The van der Waals surface area contributed by atoms with Gasteiger partial charge in [0.25, 0.3) is 0 Å². The molecule has 3 N–H and O–H groups in total. The van der Waals surface area contributed by atoms with Crippen LogP contribution in [0.25, 0.3) is 21.9 Å². The zero-order chi connectivity index (χ0) is 44.9. The number of hydrogen-bond acceptors (Lipinski definition) is 4. The van der Waals surface area contributed by atoms with Gasteiger partial charge in [-0.1, -0.05) is 130 Å². The molecular weight excluding hydrogens is 761 g/mol. The smallest absolute Gasteiger partial charge is 0.228 e. The molecule has 1 amide bonds. The van der Waals surface area contributed by atoms with E-state index >= 15 is 0 Å². The molecule has 4 aromatic carbocycles. The molecule has 8 rings (SSSR count). The van der Waals surface area contributed by atoms with Crippen LogP contribution >= 0.6 is 0 Å². The lowest BCUT2D eigenvalue weighted by atomic mass is 9.88. The second-order valence-electron chi connectivity index (χ2n) is 19.6. The fraction of sp³-hybridized carbons (Fsp3) is 0.491. The molecule has 334 valence electrons. The van der Waals surface area contributed by atoms with Gasteiger partial charge in [0.2, 0.25) is 5.91 Å². The Morgan fingerprint density at radius 2 is 0.919 bits per heavy atom. The van der Waals surface area contributed by atoms with E-state index in [0.29, 0.717) is 53.8 Å². The number of hydrogen-bond donors (Lipinski definition) is 3. The summed E-state index contributed by atoms with van der Waals surface area (Å²) in [4.78, 5) is 19.0. The monoisotopic (exact) mass is 839 g/mol. The van der Waals surface area contributed by atoms with Gasteiger partial charge >= 0.3 is 0 Å². The van der Waals surface area contributed by atoms with Gasteiger partial charge in [0, 0.05) is 30.0 Å². The number of aromatic nitrogens is 4. The van der Waals surface area contributed by atoms with Crippen molar-refractivity contribution in [2.75, 3.05) is 5.32 Å². The Bertz CT molecular complexity index is 2240. The van der Waals surface area contributed by atoms with Crippen LogP contribution in [0, 0.1) is 0 Å². The molecule has 2 aliphatic rings. The maximum absolute atomic E-state index is 11.4. The van der Waals surface area contributed by atoms with E-state index in [0.717, 1.165) is 28.7 Å². The molecule has 0 atom stereocenters. The van der Waals surface area contributed by atoms with E-state index < -0.39 is 0 Å². The van der Waals surface area contributed by atoms with E-state index in [-0.39, 0.29) is 13.3 Å². The lowest BCUT2D eigenvalue weighted by molar-refractivity contribution is -0.115. The van der Waals surface area contributed by atoms with Gasteiger partial charge in [-0.3, -0.25) is 9.79 Å². The number of amides is 1. The Morgan fingerprint density at radius 3 is 1.42 bits per heavy atom. The Morgan fingerprint density at radius 1 is 0.500 bits per heavy atom. The van der Waals surface area contributed by atoms with E-state index in [9.17, 15) is 4.79 Å². The normalized spacial score (nSPS) is 12.9. The number of carbonyl (C=O) groups is 1. The summed E-state index contributed by atoms with van der Waals surface area (Å²) in [5.41, 5.74) is 19.3. The van der Waals surface area contributed by atoms with Crippen LogP contribution in [-0.4, -0.2) is 32.5 Å². The molecular formula is C55H78N6O. The average molecular weight is 839 g/mol. The van der Waals surface area contributed by atoms with Crippen LogP contribution in [0.15, 0.2) is 65.8 Å². The van der Waals surface area contributed by atoms with Gasteiger partial charge < -0.3 is 10.3 Å². The van der Waals surface area contributed by atoms with Crippen LogP contribution < -0.4 is 5.32 Å². The number of H-pyrrole nitrogens is 2. The molecule has 0 fully saturated rings. The first-order valence-electron chi connectivity index (χ1n) is 22.9. The SMILES string of the molecule is C.CC(C)c1cc2c(cc1C(C)C)N=CC2.CC(C)c1cc2c(cc1C(C)C)NC(=O)C2.CC(C)c1cc2cc[nH]c2cc1C(C)C.CC(C)c1cc2n[nH]nc2cc1C(C)C. The van der Waals surface area contributed by atoms with Crippen LogP contribution in [0.1, 0.15) is 221 Å². The molecule has 7 heteroatoms. The summed E-state index contributed by atoms with van der Waals surface area (Å²) in [7, 11) is 0. The van der Waals surface area contributed by atoms with Crippen molar-refractivity contribution in [2.24, 2.45) is 4.99 Å². The fourth-order valence-corrected chi connectivity index (χ4v) is 8.56. The molecule has 0 aliphatic carbocycles. The van der Waals surface area contributed by atoms with Crippen molar-refractivity contribution in [3.05, 3.63) is 116 Å². The Kier molecular flexibility index (Phi) is 17.1. The second kappa shape index (κ2) is 21.4. The minimum absolute atomic E-state index is 0. The highest BCUT2D eigenvalue weighted by Gasteiger charge is 2.22.